The molecule has 106 heavy (non-hydrogen) atoms. The van der Waals surface area contributed by atoms with E-state index in [2.05, 4.69) is 140 Å². The van der Waals surface area contributed by atoms with Gasteiger partial charge in [-0.2, -0.15) is 0 Å². The summed E-state index contributed by atoms with van der Waals surface area (Å²) in [6.45, 7) is 9.58. The number of aryl methyl sites for hydroxylation is 2. The molecule has 9 aromatic carbocycles. The number of carbonyl (C=O) groups excluding carboxylic acids is 3. The molecule has 0 saturated carbocycles. The number of phenolic OH excluding ortho intramolecular Hbond substituents is 2. The Morgan fingerprint density at radius 1 is 0.443 bits per heavy atom. The molecule has 12 aromatic rings. The van der Waals surface area contributed by atoms with Crippen LogP contribution >= 0.6 is 82.1 Å². The van der Waals surface area contributed by atoms with Gasteiger partial charge in [-0.15, -0.1) is 70.5 Å². The van der Waals surface area contributed by atoms with Crippen LogP contribution < -0.4 is 25.8 Å². The van der Waals surface area contributed by atoms with Crippen molar-refractivity contribution >= 4 is 120 Å². The van der Waals surface area contributed by atoms with E-state index in [0.29, 0.717) is 48.1 Å². The molecule has 0 saturated heterocycles. The summed E-state index contributed by atoms with van der Waals surface area (Å²) < 4.78 is 10.5. The van der Waals surface area contributed by atoms with E-state index in [1.165, 1.54) is 16.7 Å². The third-order valence-corrected chi connectivity index (χ3v) is 16.6. The van der Waals surface area contributed by atoms with Crippen molar-refractivity contribution in [1.82, 2.24) is 29.9 Å². The number of rotatable bonds is 19. The number of alkyl halides is 2. The van der Waals surface area contributed by atoms with Crippen LogP contribution in [0.2, 0.25) is 0 Å². The quantitative estimate of drug-likeness (QED) is 0.0288. The molecule has 6 N–H and O–H groups in total. The third kappa shape index (κ3) is 27.3. The van der Waals surface area contributed by atoms with E-state index in [0.717, 1.165) is 78.8 Å². The fourth-order valence-electron chi connectivity index (χ4n) is 10.2. The summed E-state index contributed by atoms with van der Waals surface area (Å²) in [6.07, 6.45) is 6.82. The average Bonchev–Trinajstić information content (AvgIpc) is 0.820. The Bertz CT molecular complexity index is 4690. The van der Waals surface area contributed by atoms with Crippen LogP contribution in [0.5, 0.6) is 23.0 Å². The van der Waals surface area contributed by atoms with E-state index >= 15 is 0 Å². The zero-order chi connectivity index (χ0) is 76.5. The molecule has 3 heterocycles. The fourth-order valence-corrected chi connectivity index (χ4v) is 10.3. The number of hydrogen-bond donors (Lipinski definition) is 5. The number of aromatic nitrogens is 6. The third-order valence-electron chi connectivity index (χ3n) is 16.3. The molecule has 12 rings (SSSR count). The van der Waals surface area contributed by atoms with Crippen molar-refractivity contribution in [3.63, 3.8) is 0 Å². The number of hydrogen-bond acceptors (Lipinski definition) is 14. The van der Waals surface area contributed by atoms with Crippen LogP contribution in [0.4, 0.5) is 17.5 Å². The number of nitrogens with one attached hydrogen (secondary N) is 2. The van der Waals surface area contributed by atoms with Crippen LogP contribution in [0, 0.1) is 13.8 Å². The highest BCUT2D eigenvalue weighted by Crippen LogP contribution is 2.30. The Morgan fingerprint density at radius 2 is 0.726 bits per heavy atom. The van der Waals surface area contributed by atoms with Gasteiger partial charge in [-0.05, 0) is 133 Å². The summed E-state index contributed by atoms with van der Waals surface area (Å²) in [5.74, 6) is 1.88. The number of nitrogen functional groups attached to an aromatic ring is 1. The fraction of sp³-hybridized carbons (Fsp3) is 0.169. The Hall–Kier alpha value is -9.80. The lowest BCUT2D eigenvalue weighted by atomic mass is 10.00. The number of ether oxygens (including phenoxy) is 2. The van der Waals surface area contributed by atoms with Crippen molar-refractivity contribution in [2.45, 2.75) is 71.6 Å². The molecule has 23 heteroatoms. The smallest absolute Gasteiger partial charge is 0.369 e. The molecule has 3 atom stereocenters. The topological polar surface area (TPSA) is 238 Å². The zero-order valence-corrected chi connectivity index (χ0v) is 66.4. The summed E-state index contributed by atoms with van der Waals surface area (Å²) in [4.78, 5) is 64.5. The first-order valence-corrected chi connectivity index (χ1v) is 37.5. The van der Waals surface area contributed by atoms with Gasteiger partial charge in [0.25, 0.3) is 0 Å². The standard InChI is InChI=1S/C28H27N3O2.C26H23N3O3.C18H17N3.C10H11ClO2.CH2Cl2.BBr3/c1-19-9-11-23(12-10-19)26-18-29-27(25(30-26)17-21-7-5-4-6-8-21)31-28(32)20(2)22-13-15-24(33-3)16-14-22;1-17(19-7-11-21(30)12-8-19)26(32)29-25-23(15-18-5-3-2-4-6-18)28-24(16-27-25)20-9-13-22(31)14-10-20;1-13-7-9-15(10-8-13)17-12-20-18(19)16(21-17)11-14-5-3-2-4-6-14;1-7(10(11)12)8-3-5-9(13-2)6-4-8;2-1-3;2-1(3)4/h4-16,18,20H,17H2,1-3H3,(H,29,31,32);2-14,16-17,30-31H,15H2,1H3,(H,27,29,32);2-10,12H,11H2,1H3,(H2,19,20);3-7H,1-2H3;1H2;. The molecule has 0 bridgehead atoms. The lowest BCUT2D eigenvalue weighted by Crippen LogP contribution is -2.21. The number of phenols is 2. The molecule has 544 valence electrons. The summed E-state index contributed by atoms with van der Waals surface area (Å²) >= 11 is 24.2. The first-order chi connectivity index (χ1) is 51.0. The number of carbonyl (C=O) groups is 3. The molecule has 3 aromatic heterocycles. The largest absolute Gasteiger partial charge is 0.508 e. The minimum atomic E-state index is -0.432. The molecular weight excluding hydrogens is 1590 g/mol. The number of amides is 2. The van der Waals surface area contributed by atoms with Gasteiger partial charge in [0.15, 0.2) is 11.6 Å². The molecule has 0 aliphatic rings. The van der Waals surface area contributed by atoms with Gasteiger partial charge in [-0.25, -0.2) is 29.9 Å². The Balaban J connectivity index is 0.000000200. The van der Waals surface area contributed by atoms with Crippen molar-refractivity contribution in [3.05, 3.63) is 317 Å². The SMILES string of the molecule is BrB(Br)Br.CC(C(=O)Nc1ncc(-c2ccc(O)cc2)nc1Cc1ccccc1)c1ccc(O)cc1.COc1ccc(C(C)C(=O)Cl)cc1.COc1ccc(C(C)C(=O)Nc2ncc(-c3ccc(C)cc3)nc2Cc2ccccc2)cc1.Cc1ccc(-c2cnc(N)c(Cc3ccccc3)n2)cc1.ClCCl. The van der Waals surface area contributed by atoms with E-state index in [1.54, 1.807) is 95.2 Å². The molecule has 2 amide bonds. The van der Waals surface area contributed by atoms with Gasteiger partial charge in [0.1, 0.15) is 28.8 Å². The summed E-state index contributed by atoms with van der Waals surface area (Å²) in [7, 11) is 3.23. The minimum absolute atomic E-state index is 0.133. The predicted octanol–water partition coefficient (Wildman–Crippen LogP) is 20.4. The molecule has 0 aliphatic heterocycles. The van der Waals surface area contributed by atoms with E-state index in [-0.39, 0.29) is 48.9 Å². The molecular formula is C83H80BBr3Cl3N9O7. The van der Waals surface area contributed by atoms with Gasteiger partial charge in [-0.1, -0.05) is 194 Å². The summed E-state index contributed by atoms with van der Waals surface area (Å²) in [5, 5.41) is 24.8. The van der Waals surface area contributed by atoms with E-state index in [9.17, 15) is 24.6 Å². The van der Waals surface area contributed by atoms with Crippen molar-refractivity contribution < 1.29 is 34.1 Å². The van der Waals surface area contributed by atoms with Crippen LogP contribution in [0.15, 0.2) is 255 Å². The van der Waals surface area contributed by atoms with Gasteiger partial charge in [0, 0.05) is 36.0 Å². The predicted molar refractivity (Wildman–Crippen MR) is 442 cm³/mol. The highest BCUT2D eigenvalue weighted by Gasteiger charge is 2.22. The van der Waals surface area contributed by atoms with Gasteiger partial charge in [0.05, 0.1) is 90.1 Å². The maximum Gasteiger partial charge on any atom is 0.369 e. The number of halogens is 6. The first-order valence-electron chi connectivity index (χ1n) is 33.3. The second-order valence-electron chi connectivity index (χ2n) is 23.9. The van der Waals surface area contributed by atoms with Crippen LogP contribution in [-0.2, 0) is 33.6 Å². The van der Waals surface area contributed by atoms with Crippen LogP contribution in [0.25, 0.3) is 33.8 Å². The summed E-state index contributed by atoms with van der Waals surface area (Å²) in [6, 6.07) is 74.7. The normalized spacial score (nSPS) is 11.1. The number of aromatic hydroxyl groups is 2. The number of nitrogens with two attached hydrogens (primary N) is 1. The number of nitrogens with zero attached hydrogens (tertiary/aromatic N) is 6. The summed E-state index contributed by atoms with van der Waals surface area (Å²) in [5.41, 5.74) is 21.7. The number of anilines is 3. The zero-order valence-electron chi connectivity index (χ0n) is 59.4. The lowest BCUT2D eigenvalue weighted by molar-refractivity contribution is -0.118. The monoisotopic (exact) mass is 1670 g/mol. The maximum absolute atomic E-state index is 13.1. The van der Waals surface area contributed by atoms with Crippen molar-refractivity contribution in [2.24, 2.45) is 0 Å². The molecule has 0 fully saturated rings. The van der Waals surface area contributed by atoms with Gasteiger partial charge >= 0.3 is 3.18 Å². The van der Waals surface area contributed by atoms with Crippen LogP contribution in [0.1, 0.15) is 100 Å². The first kappa shape index (κ1) is 83.5. The van der Waals surface area contributed by atoms with Gasteiger partial charge in [0.2, 0.25) is 17.1 Å². The Kier molecular flexibility index (Phi) is 34.3. The molecule has 0 radical (unpaired) electrons. The molecule has 0 spiro atoms. The van der Waals surface area contributed by atoms with E-state index in [1.807, 2.05) is 146 Å². The lowest BCUT2D eigenvalue weighted by Gasteiger charge is -2.15. The minimum Gasteiger partial charge on any atom is -0.508 e. The van der Waals surface area contributed by atoms with E-state index < -0.39 is 5.92 Å². The van der Waals surface area contributed by atoms with Crippen LogP contribution in [-0.4, -0.2) is 79.9 Å². The highest BCUT2D eigenvalue weighted by molar-refractivity contribution is 9.69. The number of methoxy groups -OCH3 is 2. The Morgan fingerprint density at radius 3 is 1.06 bits per heavy atom. The second-order valence-corrected chi connectivity index (χ2v) is 31.5. The van der Waals surface area contributed by atoms with Crippen LogP contribution in [0.3, 0.4) is 0 Å². The Labute approximate surface area is 659 Å². The average molecular weight is 1670 g/mol. The molecule has 16 nitrogen and oxygen atoms in total. The van der Waals surface area contributed by atoms with Crippen molar-refractivity contribution in [3.8, 4) is 56.8 Å². The highest BCUT2D eigenvalue weighted by atomic mass is 79.9. The maximum atomic E-state index is 13.1. The van der Waals surface area contributed by atoms with Gasteiger partial charge < -0.3 is 36.1 Å². The van der Waals surface area contributed by atoms with Crippen molar-refractivity contribution in [2.75, 3.05) is 35.9 Å². The molecule has 3 unspecified atom stereocenters. The second kappa shape index (κ2) is 43.6. The molecule has 0 aliphatic carbocycles. The number of benzene rings is 9. The van der Waals surface area contributed by atoms with E-state index in [4.69, 9.17) is 60.0 Å². The van der Waals surface area contributed by atoms with Crippen molar-refractivity contribution in [1.29, 1.82) is 0 Å². The van der Waals surface area contributed by atoms with Gasteiger partial charge in [-0.3, -0.25) is 14.4 Å².